The molecule has 4 heterocycles. The maximum atomic E-state index is 5.45. The Bertz CT molecular complexity index is 852. The van der Waals surface area contributed by atoms with Crippen molar-refractivity contribution in [2.45, 2.75) is 25.8 Å². The van der Waals surface area contributed by atoms with Crippen molar-refractivity contribution >= 4 is 5.96 Å². The number of likely N-dealkylation sites (tertiary alicyclic amines) is 1. The fourth-order valence-corrected chi connectivity index (χ4v) is 4.03. The molecule has 10 heteroatoms. The van der Waals surface area contributed by atoms with Crippen LogP contribution in [0.15, 0.2) is 17.4 Å². The first-order valence-electron chi connectivity index (χ1n) is 10.8. The van der Waals surface area contributed by atoms with Crippen LogP contribution < -0.4 is 5.32 Å². The lowest BCUT2D eigenvalue weighted by Crippen LogP contribution is -2.45. The number of hydrogen-bond acceptors (Lipinski definition) is 6. The zero-order chi connectivity index (χ0) is 20.9. The van der Waals surface area contributed by atoms with Gasteiger partial charge in [-0.1, -0.05) is 0 Å². The van der Waals surface area contributed by atoms with Gasteiger partial charge in [-0.15, -0.1) is 10.2 Å². The van der Waals surface area contributed by atoms with E-state index < -0.39 is 0 Å². The van der Waals surface area contributed by atoms with Gasteiger partial charge in [-0.05, 0) is 18.9 Å². The van der Waals surface area contributed by atoms with E-state index in [0.717, 1.165) is 76.5 Å². The van der Waals surface area contributed by atoms with Gasteiger partial charge in [0.05, 0.1) is 19.4 Å². The molecule has 30 heavy (non-hydrogen) atoms. The Balaban J connectivity index is 1.41. The number of nitrogens with zero attached hydrogens (tertiary/aromatic N) is 8. The minimum atomic E-state index is 0.488. The summed E-state index contributed by atoms with van der Waals surface area (Å²) in [5.74, 6) is 3.22. The molecule has 0 spiro atoms. The highest BCUT2D eigenvalue weighted by atomic mass is 16.5. The highest BCUT2D eigenvalue weighted by Gasteiger charge is 2.27. The van der Waals surface area contributed by atoms with E-state index in [-0.39, 0.29) is 0 Å². The lowest BCUT2D eigenvalue weighted by Gasteiger charge is -2.28. The second kappa shape index (κ2) is 9.57. The van der Waals surface area contributed by atoms with Gasteiger partial charge in [0.2, 0.25) is 0 Å². The number of hydrogen-bond donors (Lipinski definition) is 1. The second-order valence-corrected chi connectivity index (χ2v) is 8.12. The quantitative estimate of drug-likeness (QED) is 0.530. The van der Waals surface area contributed by atoms with Crippen LogP contribution in [0.1, 0.15) is 29.6 Å². The van der Waals surface area contributed by atoms with Crippen molar-refractivity contribution in [2.75, 3.05) is 52.5 Å². The Morgan fingerprint density at radius 1 is 1.23 bits per heavy atom. The highest BCUT2D eigenvalue weighted by molar-refractivity contribution is 5.80. The van der Waals surface area contributed by atoms with Crippen LogP contribution >= 0.6 is 0 Å². The SMILES string of the molecule is Cc1nnc(CN=C(NCCN2CCOCC2)N2CCC(c3cnn(C)c3)C2)n1C. The molecule has 0 aliphatic carbocycles. The fraction of sp³-hybridized carbons (Fsp3) is 0.700. The normalized spacial score (nSPS) is 20.8. The van der Waals surface area contributed by atoms with E-state index in [4.69, 9.17) is 9.73 Å². The first-order chi connectivity index (χ1) is 14.6. The minimum absolute atomic E-state index is 0.488. The third kappa shape index (κ3) is 4.99. The predicted molar refractivity (Wildman–Crippen MR) is 114 cm³/mol. The number of aliphatic imine (C=N–C) groups is 1. The smallest absolute Gasteiger partial charge is 0.194 e. The number of rotatable bonds is 6. The van der Waals surface area contributed by atoms with Crippen LogP contribution in [0.5, 0.6) is 0 Å². The molecule has 1 atom stereocenters. The standard InChI is InChI=1S/C20H33N9O/c1-16-24-25-19(27(16)3)13-22-20(21-5-7-28-8-10-30-11-9-28)29-6-4-17(15-29)18-12-23-26(2)14-18/h12,14,17H,4-11,13,15H2,1-3H3,(H,21,22). The van der Waals surface area contributed by atoms with Crippen molar-refractivity contribution in [3.63, 3.8) is 0 Å². The van der Waals surface area contributed by atoms with Crippen molar-refractivity contribution < 1.29 is 4.74 Å². The summed E-state index contributed by atoms with van der Waals surface area (Å²) in [5, 5.41) is 16.3. The van der Waals surface area contributed by atoms with Gasteiger partial charge >= 0.3 is 0 Å². The predicted octanol–water partition coefficient (Wildman–Crippen LogP) is 0.124. The second-order valence-electron chi connectivity index (χ2n) is 8.12. The molecule has 10 nitrogen and oxygen atoms in total. The molecule has 2 aromatic heterocycles. The van der Waals surface area contributed by atoms with Crippen molar-refractivity contribution in [1.29, 1.82) is 0 Å². The van der Waals surface area contributed by atoms with E-state index in [9.17, 15) is 0 Å². The minimum Gasteiger partial charge on any atom is -0.379 e. The molecule has 2 aromatic rings. The average Bonchev–Trinajstić information content (AvgIpc) is 3.48. The van der Waals surface area contributed by atoms with Crippen molar-refractivity contribution in [2.24, 2.45) is 19.1 Å². The van der Waals surface area contributed by atoms with E-state index in [1.807, 2.05) is 36.5 Å². The Hall–Kier alpha value is -2.46. The summed E-state index contributed by atoms with van der Waals surface area (Å²) < 4.78 is 9.32. The zero-order valence-electron chi connectivity index (χ0n) is 18.3. The molecule has 1 unspecified atom stereocenters. The van der Waals surface area contributed by atoms with Crippen LogP contribution in [-0.4, -0.2) is 92.8 Å². The van der Waals surface area contributed by atoms with Gasteiger partial charge in [0.1, 0.15) is 12.4 Å². The number of ether oxygens (including phenoxy) is 1. The highest BCUT2D eigenvalue weighted by Crippen LogP contribution is 2.26. The van der Waals surface area contributed by atoms with Crippen LogP contribution in [0, 0.1) is 6.92 Å². The summed E-state index contributed by atoms with van der Waals surface area (Å²) in [6.45, 7) is 9.92. The molecular formula is C20H33N9O. The number of morpholine rings is 1. The van der Waals surface area contributed by atoms with E-state index in [2.05, 4.69) is 36.6 Å². The van der Waals surface area contributed by atoms with E-state index in [1.165, 1.54) is 5.56 Å². The maximum Gasteiger partial charge on any atom is 0.194 e. The topological polar surface area (TPSA) is 88.6 Å². The molecule has 2 aliphatic rings. The summed E-state index contributed by atoms with van der Waals surface area (Å²) in [5.41, 5.74) is 1.30. The Morgan fingerprint density at radius 2 is 2.07 bits per heavy atom. The van der Waals surface area contributed by atoms with E-state index >= 15 is 0 Å². The molecule has 0 aromatic carbocycles. The van der Waals surface area contributed by atoms with E-state index in [0.29, 0.717) is 12.5 Å². The molecular weight excluding hydrogens is 382 g/mol. The van der Waals surface area contributed by atoms with Crippen LogP contribution in [0.25, 0.3) is 0 Å². The summed E-state index contributed by atoms with van der Waals surface area (Å²) in [6, 6.07) is 0. The third-order valence-corrected chi connectivity index (χ3v) is 6.05. The molecule has 0 bridgehead atoms. The summed E-state index contributed by atoms with van der Waals surface area (Å²) in [7, 11) is 3.96. The van der Waals surface area contributed by atoms with Gasteiger partial charge in [0, 0.05) is 65.5 Å². The number of nitrogens with one attached hydrogen (secondary N) is 1. The fourth-order valence-electron chi connectivity index (χ4n) is 4.03. The molecule has 2 aliphatic heterocycles. The Morgan fingerprint density at radius 3 is 2.77 bits per heavy atom. The maximum absolute atomic E-state index is 5.45. The summed E-state index contributed by atoms with van der Waals surface area (Å²) in [6.07, 6.45) is 5.22. The van der Waals surface area contributed by atoms with Crippen LogP contribution in [0.2, 0.25) is 0 Å². The lowest BCUT2D eigenvalue weighted by molar-refractivity contribution is 0.0388. The first kappa shape index (κ1) is 20.8. The van der Waals surface area contributed by atoms with Crippen molar-refractivity contribution in [3.8, 4) is 0 Å². The Labute approximate surface area is 177 Å². The van der Waals surface area contributed by atoms with Crippen molar-refractivity contribution in [1.82, 2.24) is 39.7 Å². The molecule has 1 N–H and O–H groups in total. The van der Waals surface area contributed by atoms with Gasteiger partial charge in [0.15, 0.2) is 11.8 Å². The van der Waals surface area contributed by atoms with Crippen molar-refractivity contribution in [3.05, 3.63) is 29.6 Å². The first-order valence-corrected chi connectivity index (χ1v) is 10.8. The summed E-state index contributed by atoms with van der Waals surface area (Å²) >= 11 is 0. The largest absolute Gasteiger partial charge is 0.379 e. The Kier molecular flexibility index (Phi) is 6.63. The van der Waals surface area contributed by atoms with Gasteiger partial charge in [-0.25, -0.2) is 4.99 Å². The number of aromatic nitrogens is 5. The molecule has 164 valence electrons. The van der Waals surface area contributed by atoms with Gasteiger partial charge in [0.25, 0.3) is 0 Å². The van der Waals surface area contributed by atoms with Crippen LogP contribution in [0.4, 0.5) is 0 Å². The average molecular weight is 416 g/mol. The third-order valence-electron chi connectivity index (χ3n) is 6.05. The summed E-state index contributed by atoms with van der Waals surface area (Å²) in [4.78, 5) is 9.70. The molecule has 2 saturated heterocycles. The van der Waals surface area contributed by atoms with E-state index in [1.54, 1.807) is 0 Å². The molecule has 2 fully saturated rings. The number of aryl methyl sites for hydroxylation is 2. The van der Waals surface area contributed by atoms with Crippen LogP contribution in [0.3, 0.4) is 0 Å². The number of guanidine groups is 1. The molecule has 0 saturated carbocycles. The lowest BCUT2D eigenvalue weighted by atomic mass is 10.0. The zero-order valence-corrected chi connectivity index (χ0v) is 18.3. The molecule has 4 rings (SSSR count). The van der Waals surface area contributed by atoms with Crippen LogP contribution in [-0.2, 0) is 25.4 Å². The molecule has 0 radical (unpaired) electrons. The van der Waals surface area contributed by atoms with Gasteiger partial charge < -0.3 is 19.5 Å². The molecule has 0 amide bonds. The van der Waals surface area contributed by atoms with Gasteiger partial charge in [-0.2, -0.15) is 5.10 Å². The van der Waals surface area contributed by atoms with Gasteiger partial charge in [-0.3, -0.25) is 9.58 Å². The monoisotopic (exact) mass is 415 g/mol.